The lowest BCUT2D eigenvalue weighted by Gasteiger charge is -2.17. The first-order chi connectivity index (χ1) is 17.0. The average molecular weight is 523 g/mol. The third-order valence-electron chi connectivity index (χ3n) is 6.12. The summed E-state index contributed by atoms with van der Waals surface area (Å²) in [5.74, 6) is -3.60. The molecule has 1 aromatic heterocycles. The van der Waals surface area contributed by atoms with Crippen LogP contribution in [0, 0.1) is 5.41 Å². The summed E-state index contributed by atoms with van der Waals surface area (Å²) >= 11 is 0. The van der Waals surface area contributed by atoms with Crippen LogP contribution >= 0.6 is 12.4 Å². The zero-order valence-corrected chi connectivity index (χ0v) is 21.0. The molecule has 0 saturated carbocycles. The zero-order valence-electron chi connectivity index (χ0n) is 20.1. The number of phenols is 1. The quantitative estimate of drug-likeness (QED) is 0.138. The second-order valence-corrected chi connectivity index (χ2v) is 8.96. The molecule has 4 rings (SSSR count). The largest absolute Gasteiger partial charge is 0.507 e. The number of nitrogens with one attached hydrogen (secondary N) is 2. The third-order valence-corrected chi connectivity index (χ3v) is 6.12. The number of aromatic hydroxyl groups is 1. The van der Waals surface area contributed by atoms with Gasteiger partial charge in [-0.1, -0.05) is 38.1 Å². The first-order valence-corrected chi connectivity index (χ1v) is 11.3. The number of H-pyrrole nitrogens is 1. The van der Waals surface area contributed by atoms with E-state index >= 15 is 0 Å². The summed E-state index contributed by atoms with van der Waals surface area (Å²) < 4.78 is 0. The molecule has 37 heavy (non-hydrogen) atoms. The van der Waals surface area contributed by atoms with Crippen molar-refractivity contribution in [2.45, 2.75) is 32.1 Å². The van der Waals surface area contributed by atoms with E-state index in [0.717, 1.165) is 5.56 Å². The monoisotopic (exact) mass is 522 g/mol. The Morgan fingerprint density at radius 3 is 2.35 bits per heavy atom. The lowest BCUT2D eigenvalue weighted by molar-refractivity contribution is -0.145. The molecule has 0 bridgehead atoms. The van der Waals surface area contributed by atoms with Gasteiger partial charge < -0.3 is 26.0 Å². The van der Waals surface area contributed by atoms with E-state index in [1.165, 1.54) is 12.1 Å². The fourth-order valence-corrected chi connectivity index (χ4v) is 4.15. The SMILES string of the molecule is CC(C)c1cccc(-c2cc(C(CC(=O)O)C(=O)O)cc(-c3nc4ccc(C(=N)N)cc4[nH]3)c2O)c1.Cl. The molecule has 1 heterocycles. The highest BCUT2D eigenvalue weighted by Gasteiger charge is 2.27. The number of hydrogen-bond donors (Lipinski definition) is 6. The molecule has 1 unspecified atom stereocenters. The minimum absolute atomic E-state index is 0. The van der Waals surface area contributed by atoms with Crippen molar-refractivity contribution in [2.24, 2.45) is 5.73 Å². The zero-order chi connectivity index (χ0) is 26.1. The second kappa shape index (κ2) is 10.7. The fraction of sp³-hybridized carbons (Fsp3) is 0.185. The number of imidazole rings is 1. The van der Waals surface area contributed by atoms with E-state index in [0.29, 0.717) is 27.7 Å². The Morgan fingerprint density at radius 1 is 1.03 bits per heavy atom. The van der Waals surface area contributed by atoms with Crippen LogP contribution in [0.3, 0.4) is 0 Å². The minimum atomic E-state index is -1.33. The van der Waals surface area contributed by atoms with Gasteiger partial charge in [0.15, 0.2) is 0 Å². The molecule has 1 atom stereocenters. The van der Waals surface area contributed by atoms with Gasteiger partial charge in [-0.3, -0.25) is 15.0 Å². The first kappa shape index (κ1) is 27.2. The Labute approximate surface area is 218 Å². The van der Waals surface area contributed by atoms with Crippen molar-refractivity contribution >= 4 is 41.2 Å². The maximum absolute atomic E-state index is 12.0. The molecular weight excluding hydrogens is 496 g/mol. The third kappa shape index (κ3) is 5.57. The standard InChI is InChI=1S/C27H26N4O5.ClH/c1-13(2)14-4-3-5-15(8-14)18-9-17(19(27(35)36)12-23(32)33)10-20(24(18)34)26-30-21-7-6-16(25(28)29)11-22(21)31-26;/h3-11,13,19,34H,12H2,1-2H3,(H3,28,29)(H,30,31)(H,32,33)(H,35,36);1H. The molecule has 3 aromatic carbocycles. The summed E-state index contributed by atoms with van der Waals surface area (Å²) in [5.41, 5.74) is 9.74. The van der Waals surface area contributed by atoms with Crippen molar-refractivity contribution < 1.29 is 24.9 Å². The molecule has 0 spiro atoms. The topological polar surface area (TPSA) is 173 Å². The van der Waals surface area contributed by atoms with E-state index in [1.54, 1.807) is 24.3 Å². The molecule has 0 aliphatic rings. The summed E-state index contributed by atoms with van der Waals surface area (Å²) in [6, 6.07) is 15.5. The van der Waals surface area contributed by atoms with Crippen molar-refractivity contribution in [2.75, 3.05) is 0 Å². The van der Waals surface area contributed by atoms with Crippen LogP contribution in [0.2, 0.25) is 0 Å². The number of carboxylic acid groups (broad SMARTS) is 2. The van der Waals surface area contributed by atoms with E-state index < -0.39 is 24.3 Å². The lowest BCUT2D eigenvalue weighted by Crippen LogP contribution is -2.16. The number of nitrogens with two attached hydrogens (primary N) is 1. The molecule has 4 aromatic rings. The van der Waals surface area contributed by atoms with E-state index in [9.17, 15) is 24.9 Å². The minimum Gasteiger partial charge on any atom is -0.507 e. The molecular formula is C27H27ClN4O5. The summed E-state index contributed by atoms with van der Waals surface area (Å²) in [5, 5.41) is 38.1. The van der Waals surface area contributed by atoms with Crippen molar-refractivity contribution in [1.82, 2.24) is 9.97 Å². The lowest BCUT2D eigenvalue weighted by atomic mass is 9.88. The van der Waals surface area contributed by atoms with Crippen molar-refractivity contribution in [1.29, 1.82) is 5.41 Å². The molecule has 0 radical (unpaired) electrons. The number of aliphatic carboxylic acids is 2. The Hall–Kier alpha value is -4.37. The number of halogens is 1. The molecule has 0 amide bonds. The Balaban J connectivity index is 0.00000380. The van der Waals surface area contributed by atoms with Crippen LogP contribution < -0.4 is 5.73 Å². The van der Waals surface area contributed by atoms with Gasteiger partial charge in [0.05, 0.1) is 28.9 Å². The number of fused-ring (bicyclic) bond motifs is 1. The Morgan fingerprint density at radius 2 is 1.73 bits per heavy atom. The highest BCUT2D eigenvalue weighted by Crippen LogP contribution is 2.41. The smallest absolute Gasteiger partial charge is 0.311 e. The number of amidine groups is 1. The number of carbonyl (C=O) groups is 2. The molecule has 0 aliphatic carbocycles. The Bertz CT molecular complexity index is 1510. The summed E-state index contributed by atoms with van der Waals surface area (Å²) in [4.78, 5) is 31.1. The van der Waals surface area contributed by atoms with E-state index in [-0.39, 0.29) is 46.9 Å². The number of rotatable bonds is 8. The van der Waals surface area contributed by atoms with Crippen LogP contribution in [0.1, 0.15) is 48.8 Å². The van der Waals surface area contributed by atoms with Crippen LogP contribution in [0.4, 0.5) is 0 Å². The number of hydrogen-bond acceptors (Lipinski definition) is 5. The molecule has 0 fully saturated rings. The number of nitrogen functional groups attached to an aromatic ring is 1. The van der Waals surface area contributed by atoms with E-state index in [1.807, 2.05) is 32.0 Å². The molecule has 0 aliphatic heterocycles. The first-order valence-electron chi connectivity index (χ1n) is 11.3. The fourth-order valence-electron chi connectivity index (χ4n) is 4.15. The highest BCUT2D eigenvalue weighted by molar-refractivity contribution is 5.98. The van der Waals surface area contributed by atoms with Crippen LogP contribution in [0.5, 0.6) is 5.75 Å². The number of aromatic amines is 1. The van der Waals surface area contributed by atoms with E-state index in [2.05, 4.69) is 9.97 Å². The van der Waals surface area contributed by atoms with Crippen LogP contribution in [-0.4, -0.2) is 43.1 Å². The van der Waals surface area contributed by atoms with Gasteiger partial charge >= 0.3 is 11.9 Å². The van der Waals surface area contributed by atoms with Crippen molar-refractivity contribution in [3.05, 3.63) is 71.3 Å². The number of nitrogens with zero attached hydrogens (tertiary/aromatic N) is 1. The van der Waals surface area contributed by atoms with Crippen LogP contribution in [0.25, 0.3) is 33.5 Å². The number of benzene rings is 3. The number of phenolic OH excluding ortho intramolecular Hbond substituents is 1. The van der Waals surface area contributed by atoms with Gasteiger partial charge in [0.25, 0.3) is 0 Å². The highest BCUT2D eigenvalue weighted by atomic mass is 35.5. The molecule has 9 nitrogen and oxygen atoms in total. The molecule has 0 saturated heterocycles. The Kier molecular flexibility index (Phi) is 7.88. The van der Waals surface area contributed by atoms with Gasteiger partial charge in [-0.25, -0.2) is 4.98 Å². The average Bonchev–Trinajstić information content (AvgIpc) is 3.25. The molecule has 7 N–H and O–H groups in total. The summed E-state index contributed by atoms with van der Waals surface area (Å²) in [6.45, 7) is 4.08. The van der Waals surface area contributed by atoms with Gasteiger partial charge in [0, 0.05) is 11.1 Å². The predicted molar refractivity (Wildman–Crippen MR) is 144 cm³/mol. The van der Waals surface area contributed by atoms with Gasteiger partial charge in [-0.05, 0) is 52.9 Å². The summed E-state index contributed by atoms with van der Waals surface area (Å²) in [7, 11) is 0. The van der Waals surface area contributed by atoms with Crippen LogP contribution in [-0.2, 0) is 9.59 Å². The summed E-state index contributed by atoms with van der Waals surface area (Å²) in [6.07, 6.45) is -0.618. The van der Waals surface area contributed by atoms with Gasteiger partial charge in [-0.15, -0.1) is 12.4 Å². The van der Waals surface area contributed by atoms with Gasteiger partial charge in [-0.2, -0.15) is 0 Å². The van der Waals surface area contributed by atoms with Crippen molar-refractivity contribution in [3.8, 4) is 28.3 Å². The van der Waals surface area contributed by atoms with Gasteiger partial charge in [0.1, 0.15) is 17.4 Å². The van der Waals surface area contributed by atoms with Gasteiger partial charge in [0.2, 0.25) is 0 Å². The maximum Gasteiger partial charge on any atom is 0.311 e. The normalized spacial score (nSPS) is 11.8. The maximum atomic E-state index is 12.0. The molecule has 192 valence electrons. The molecule has 10 heteroatoms. The second-order valence-electron chi connectivity index (χ2n) is 8.96. The van der Waals surface area contributed by atoms with E-state index in [4.69, 9.17) is 11.1 Å². The number of aromatic nitrogens is 2. The van der Waals surface area contributed by atoms with Crippen molar-refractivity contribution in [3.63, 3.8) is 0 Å². The van der Waals surface area contributed by atoms with Crippen LogP contribution in [0.15, 0.2) is 54.6 Å². The predicted octanol–water partition coefficient (Wildman–Crippen LogP) is 5.07. The number of carboxylic acids is 2.